The van der Waals surface area contributed by atoms with Crippen LogP contribution < -0.4 is 5.32 Å². The first-order valence-corrected chi connectivity index (χ1v) is 8.20. The first kappa shape index (κ1) is 15.8. The number of thioether (sulfide) groups is 1. The van der Waals surface area contributed by atoms with Gasteiger partial charge in [0, 0.05) is 24.2 Å². The lowest BCUT2D eigenvalue weighted by molar-refractivity contribution is 0.550. The van der Waals surface area contributed by atoms with Crippen LogP contribution in [0.15, 0.2) is 18.5 Å². The van der Waals surface area contributed by atoms with Crippen molar-refractivity contribution in [1.29, 1.82) is 0 Å². The molecule has 0 radical (unpaired) electrons. The molecule has 18 heavy (non-hydrogen) atoms. The fourth-order valence-corrected chi connectivity index (χ4v) is 2.92. The van der Waals surface area contributed by atoms with Gasteiger partial charge in [0.25, 0.3) is 0 Å². The van der Waals surface area contributed by atoms with Gasteiger partial charge in [-0.2, -0.15) is 11.8 Å². The number of nitrogens with zero attached hydrogens (tertiary/aromatic N) is 1. The van der Waals surface area contributed by atoms with Crippen molar-refractivity contribution in [1.82, 2.24) is 10.3 Å². The van der Waals surface area contributed by atoms with Gasteiger partial charge in [-0.15, -0.1) is 0 Å². The number of hydrogen-bond donors (Lipinski definition) is 1. The molecule has 1 rings (SSSR count). The molecule has 2 nitrogen and oxygen atoms in total. The summed E-state index contributed by atoms with van der Waals surface area (Å²) in [6.45, 7) is 5.49. The topological polar surface area (TPSA) is 24.9 Å². The first-order chi connectivity index (χ1) is 8.77. The molecule has 0 amide bonds. The maximum absolute atomic E-state index is 6.17. The van der Waals surface area contributed by atoms with Crippen molar-refractivity contribution in [2.75, 3.05) is 18.1 Å². The third kappa shape index (κ3) is 6.07. The highest BCUT2D eigenvalue weighted by atomic mass is 35.5. The monoisotopic (exact) mass is 286 g/mol. The van der Waals surface area contributed by atoms with E-state index < -0.39 is 0 Å². The van der Waals surface area contributed by atoms with Gasteiger partial charge in [-0.1, -0.05) is 25.4 Å². The molecule has 0 spiro atoms. The largest absolute Gasteiger partial charge is 0.313 e. The van der Waals surface area contributed by atoms with E-state index in [0.717, 1.165) is 23.7 Å². The lowest BCUT2D eigenvalue weighted by atomic mass is 10.1. The molecule has 0 bridgehead atoms. The van der Waals surface area contributed by atoms with E-state index in [-0.39, 0.29) is 0 Å². The summed E-state index contributed by atoms with van der Waals surface area (Å²) >= 11 is 8.18. The molecule has 0 aliphatic rings. The zero-order valence-electron chi connectivity index (χ0n) is 11.3. The van der Waals surface area contributed by atoms with E-state index in [1.807, 2.05) is 24.0 Å². The van der Waals surface area contributed by atoms with E-state index in [0.29, 0.717) is 6.04 Å². The van der Waals surface area contributed by atoms with Gasteiger partial charge in [0.2, 0.25) is 0 Å². The number of pyridine rings is 1. The highest BCUT2D eigenvalue weighted by Gasteiger charge is 2.10. The second-order valence-corrected chi connectivity index (χ2v) is 5.95. The summed E-state index contributed by atoms with van der Waals surface area (Å²) in [4.78, 5) is 4.03. The molecule has 0 saturated heterocycles. The Morgan fingerprint density at radius 1 is 1.39 bits per heavy atom. The molecule has 0 fully saturated rings. The number of halogens is 1. The third-order valence-corrected chi connectivity index (χ3v) is 4.35. The van der Waals surface area contributed by atoms with Crippen molar-refractivity contribution in [3.8, 4) is 0 Å². The van der Waals surface area contributed by atoms with E-state index >= 15 is 0 Å². The molecule has 0 saturated carbocycles. The molecule has 0 aliphatic carbocycles. The van der Waals surface area contributed by atoms with Gasteiger partial charge in [-0.3, -0.25) is 4.98 Å². The molecule has 1 aromatic rings. The van der Waals surface area contributed by atoms with Crippen molar-refractivity contribution in [3.05, 3.63) is 29.0 Å². The van der Waals surface area contributed by atoms with Gasteiger partial charge in [-0.05, 0) is 43.2 Å². The summed E-state index contributed by atoms with van der Waals surface area (Å²) < 4.78 is 0. The molecule has 1 aromatic heterocycles. The van der Waals surface area contributed by atoms with Gasteiger partial charge in [0.05, 0.1) is 5.02 Å². The average Bonchev–Trinajstić information content (AvgIpc) is 2.38. The molecule has 0 aromatic carbocycles. The quantitative estimate of drug-likeness (QED) is 0.699. The first-order valence-electron chi connectivity index (χ1n) is 6.67. The lowest BCUT2D eigenvalue weighted by Crippen LogP contribution is -2.34. The highest BCUT2D eigenvalue weighted by molar-refractivity contribution is 7.99. The highest BCUT2D eigenvalue weighted by Crippen LogP contribution is 2.17. The Morgan fingerprint density at radius 3 is 2.89 bits per heavy atom. The minimum atomic E-state index is 0.501. The smallest absolute Gasteiger partial charge is 0.0621 e. The number of rotatable bonds is 9. The van der Waals surface area contributed by atoms with Crippen molar-refractivity contribution in [2.24, 2.45) is 0 Å². The maximum atomic E-state index is 6.17. The Hall–Kier alpha value is -0.250. The van der Waals surface area contributed by atoms with Crippen LogP contribution in [0.3, 0.4) is 0 Å². The van der Waals surface area contributed by atoms with Crippen LogP contribution in [-0.4, -0.2) is 29.1 Å². The third-order valence-electron chi connectivity index (χ3n) is 2.67. The Balaban J connectivity index is 2.51. The number of aromatic nitrogens is 1. The van der Waals surface area contributed by atoms with Gasteiger partial charge in [0.15, 0.2) is 0 Å². The fraction of sp³-hybridized carbons (Fsp3) is 0.643. The zero-order chi connectivity index (χ0) is 13.2. The Kier molecular flexibility index (Phi) is 8.47. The predicted molar refractivity (Wildman–Crippen MR) is 82.6 cm³/mol. The van der Waals surface area contributed by atoms with E-state index in [2.05, 4.69) is 24.1 Å². The predicted octanol–water partition coefficient (Wildman–Crippen LogP) is 3.79. The average molecular weight is 287 g/mol. The van der Waals surface area contributed by atoms with Gasteiger partial charge in [-0.25, -0.2) is 0 Å². The second-order valence-electron chi connectivity index (χ2n) is 4.40. The van der Waals surface area contributed by atoms with Crippen molar-refractivity contribution in [3.63, 3.8) is 0 Å². The van der Waals surface area contributed by atoms with Crippen LogP contribution in [0, 0.1) is 0 Å². The normalized spacial score (nSPS) is 12.6. The van der Waals surface area contributed by atoms with Gasteiger partial charge in [0.1, 0.15) is 0 Å². The molecular formula is C14H23ClN2S. The SMILES string of the molecule is CCCNC(CSCCC)Cc1ccncc1Cl. The summed E-state index contributed by atoms with van der Waals surface area (Å²) in [5, 5.41) is 4.38. The second kappa shape index (κ2) is 9.65. The van der Waals surface area contributed by atoms with Crippen molar-refractivity contribution >= 4 is 23.4 Å². The molecule has 102 valence electrons. The molecule has 1 heterocycles. The Labute approximate surface area is 120 Å². The van der Waals surface area contributed by atoms with Gasteiger partial charge < -0.3 is 5.32 Å². The summed E-state index contributed by atoms with van der Waals surface area (Å²) in [7, 11) is 0. The summed E-state index contributed by atoms with van der Waals surface area (Å²) in [5.41, 5.74) is 1.19. The van der Waals surface area contributed by atoms with Crippen LogP contribution in [0.25, 0.3) is 0 Å². The Bertz CT molecular complexity index is 333. The summed E-state index contributed by atoms with van der Waals surface area (Å²) in [6.07, 6.45) is 6.93. The zero-order valence-corrected chi connectivity index (χ0v) is 12.9. The maximum Gasteiger partial charge on any atom is 0.0621 e. The standard InChI is InChI=1S/C14H23ClN2S/c1-3-6-17-13(11-18-8-4-2)9-12-5-7-16-10-14(12)15/h5,7,10,13,17H,3-4,6,8-9,11H2,1-2H3. The van der Waals surface area contributed by atoms with Crippen LogP contribution >= 0.6 is 23.4 Å². The Morgan fingerprint density at radius 2 is 2.22 bits per heavy atom. The molecular weight excluding hydrogens is 264 g/mol. The molecule has 0 aliphatic heterocycles. The fourth-order valence-electron chi connectivity index (χ4n) is 1.74. The lowest BCUT2D eigenvalue weighted by Gasteiger charge is -2.18. The van der Waals surface area contributed by atoms with Gasteiger partial charge >= 0.3 is 0 Å². The van der Waals surface area contributed by atoms with Crippen LogP contribution in [0.2, 0.25) is 5.02 Å². The minimum Gasteiger partial charge on any atom is -0.313 e. The molecule has 1 unspecified atom stereocenters. The number of nitrogens with one attached hydrogen (secondary N) is 1. The van der Waals surface area contributed by atoms with Crippen LogP contribution in [0.1, 0.15) is 32.3 Å². The van der Waals surface area contributed by atoms with E-state index in [9.17, 15) is 0 Å². The van der Waals surface area contributed by atoms with E-state index in [1.54, 1.807) is 6.20 Å². The van der Waals surface area contributed by atoms with E-state index in [1.165, 1.54) is 24.2 Å². The van der Waals surface area contributed by atoms with Crippen LogP contribution in [0.4, 0.5) is 0 Å². The molecule has 1 N–H and O–H groups in total. The summed E-state index contributed by atoms with van der Waals surface area (Å²) in [6, 6.07) is 2.52. The minimum absolute atomic E-state index is 0.501. The molecule has 4 heteroatoms. The van der Waals surface area contributed by atoms with Crippen LogP contribution in [-0.2, 0) is 6.42 Å². The van der Waals surface area contributed by atoms with Crippen molar-refractivity contribution < 1.29 is 0 Å². The van der Waals surface area contributed by atoms with E-state index in [4.69, 9.17) is 11.6 Å². The van der Waals surface area contributed by atoms with Crippen molar-refractivity contribution in [2.45, 2.75) is 39.2 Å². The van der Waals surface area contributed by atoms with Crippen LogP contribution in [0.5, 0.6) is 0 Å². The number of hydrogen-bond acceptors (Lipinski definition) is 3. The molecule has 1 atom stereocenters. The summed E-state index contributed by atoms with van der Waals surface area (Å²) in [5.74, 6) is 2.38.